The van der Waals surface area contributed by atoms with Gasteiger partial charge in [0.1, 0.15) is 11.6 Å². The van der Waals surface area contributed by atoms with Crippen LogP contribution < -0.4 is 5.32 Å². The zero-order valence-corrected chi connectivity index (χ0v) is 11.7. The highest BCUT2D eigenvalue weighted by Crippen LogP contribution is 2.35. The zero-order chi connectivity index (χ0) is 14.9. The summed E-state index contributed by atoms with van der Waals surface area (Å²) < 4.78 is 0. The molecule has 0 unspecified atom stereocenters. The summed E-state index contributed by atoms with van der Waals surface area (Å²) in [5.74, 6) is 0.279. The summed E-state index contributed by atoms with van der Waals surface area (Å²) in [5, 5.41) is 28.4. The van der Waals surface area contributed by atoms with E-state index < -0.39 is 0 Å². The Morgan fingerprint density at radius 2 is 2.09 bits per heavy atom. The van der Waals surface area contributed by atoms with Gasteiger partial charge in [-0.15, -0.1) is 10.2 Å². The molecule has 3 aromatic rings. The van der Waals surface area contributed by atoms with Crippen LogP contribution >= 0.6 is 0 Å². The fourth-order valence-corrected chi connectivity index (χ4v) is 2.95. The van der Waals surface area contributed by atoms with Crippen molar-refractivity contribution in [2.45, 2.75) is 12.8 Å². The molecule has 0 spiro atoms. The van der Waals surface area contributed by atoms with Crippen LogP contribution in [0.4, 0.5) is 5.69 Å². The molecule has 1 aromatic heterocycles. The van der Waals surface area contributed by atoms with Crippen LogP contribution in [0.1, 0.15) is 17.0 Å². The molecule has 2 aromatic carbocycles. The number of hydrogen-bond acceptors (Lipinski definition) is 5. The number of nitrogens with zero attached hydrogens (tertiary/aromatic N) is 4. The highest BCUT2D eigenvalue weighted by molar-refractivity contribution is 6.00. The summed E-state index contributed by atoms with van der Waals surface area (Å²) in [7, 11) is 0. The van der Waals surface area contributed by atoms with E-state index in [4.69, 9.17) is 0 Å². The number of nitrogens with one attached hydrogen (secondary N) is 2. The Balaban J connectivity index is 1.76. The average molecular weight is 288 g/mol. The van der Waals surface area contributed by atoms with Crippen molar-refractivity contribution in [1.82, 2.24) is 20.6 Å². The van der Waals surface area contributed by atoms with Crippen LogP contribution in [-0.4, -0.2) is 20.6 Å². The van der Waals surface area contributed by atoms with Gasteiger partial charge in [0.05, 0.1) is 0 Å². The number of aromatic amines is 1. The molecule has 0 saturated heterocycles. The fraction of sp³-hybridized carbons (Fsp3) is 0.125. The summed E-state index contributed by atoms with van der Waals surface area (Å²) in [6.07, 6.45) is 3.81. The SMILES string of the molecule is N#CC(=CNc1ccc2c3c(cccc13)CC2)c1nn[nH]n1. The van der Waals surface area contributed by atoms with Gasteiger partial charge in [-0.25, -0.2) is 0 Å². The lowest BCUT2D eigenvalue weighted by Gasteiger charge is -2.08. The molecule has 0 bridgehead atoms. The summed E-state index contributed by atoms with van der Waals surface area (Å²) in [6, 6.07) is 12.6. The molecule has 0 aliphatic heterocycles. The molecule has 0 atom stereocenters. The van der Waals surface area contributed by atoms with Crippen LogP contribution in [0.3, 0.4) is 0 Å². The minimum atomic E-state index is 0.279. The number of aryl methyl sites for hydroxylation is 2. The molecule has 0 radical (unpaired) electrons. The molecule has 1 heterocycles. The number of anilines is 1. The average Bonchev–Trinajstić information content (AvgIpc) is 3.21. The summed E-state index contributed by atoms with van der Waals surface area (Å²) in [6.45, 7) is 0. The molecule has 4 rings (SSSR count). The van der Waals surface area contributed by atoms with Gasteiger partial charge in [0.2, 0.25) is 5.82 Å². The van der Waals surface area contributed by atoms with Gasteiger partial charge in [0, 0.05) is 17.3 Å². The molecule has 6 nitrogen and oxygen atoms in total. The Labute approximate surface area is 126 Å². The van der Waals surface area contributed by atoms with Gasteiger partial charge >= 0.3 is 0 Å². The van der Waals surface area contributed by atoms with Crippen molar-refractivity contribution in [3.63, 3.8) is 0 Å². The number of hydrogen-bond donors (Lipinski definition) is 2. The van der Waals surface area contributed by atoms with Crippen molar-refractivity contribution >= 4 is 22.0 Å². The first-order chi connectivity index (χ1) is 10.9. The van der Waals surface area contributed by atoms with Crippen LogP contribution in [-0.2, 0) is 12.8 Å². The van der Waals surface area contributed by atoms with Crippen LogP contribution in [0.2, 0.25) is 0 Å². The van der Waals surface area contributed by atoms with Crippen molar-refractivity contribution in [2.24, 2.45) is 0 Å². The number of benzene rings is 2. The fourth-order valence-electron chi connectivity index (χ4n) is 2.95. The summed E-state index contributed by atoms with van der Waals surface area (Å²) in [4.78, 5) is 0. The van der Waals surface area contributed by atoms with Crippen molar-refractivity contribution in [3.05, 3.63) is 53.5 Å². The lowest BCUT2D eigenvalue weighted by Crippen LogP contribution is -1.94. The van der Waals surface area contributed by atoms with Crippen LogP contribution in [0.5, 0.6) is 0 Å². The first kappa shape index (κ1) is 12.5. The van der Waals surface area contributed by atoms with E-state index in [1.54, 1.807) is 6.20 Å². The molecule has 106 valence electrons. The first-order valence-electron chi connectivity index (χ1n) is 7.01. The molecule has 0 fully saturated rings. The normalized spacial score (nSPS) is 13.3. The predicted molar refractivity (Wildman–Crippen MR) is 82.7 cm³/mol. The van der Waals surface area contributed by atoms with Gasteiger partial charge < -0.3 is 5.32 Å². The topological polar surface area (TPSA) is 90.3 Å². The Bertz CT molecular complexity index is 907. The smallest absolute Gasteiger partial charge is 0.216 e. The predicted octanol–water partition coefficient (Wildman–Crippen LogP) is 2.43. The molecule has 0 amide bonds. The van der Waals surface area contributed by atoms with E-state index >= 15 is 0 Å². The Morgan fingerprint density at radius 1 is 1.23 bits per heavy atom. The lowest BCUT2D eigenvalue weighted by molar-refractivity contribution is 0.881. The van der Waals surface area contributed by atoms with Gasteiger partial charge in [-0.05, 0) is 40.6 Å². The minimum absolute atomic E-state index is 0.279. The van der Waals surface area contributed by atoms with Crippen molar-refractivity contribution in [3.8, 4) is 6.07 Å². The number of nitriles is 1. The lowest BCUT2D eigenvalue weighted by atomic mass is 10.0. The number of rotatable bonds is 3. The van der Waals surface area contributed by atoms with E-state index in [2.05, 4.69) is 62.3 Å². The highest BCUT2D eigenvalue weighted by Gasteiger charge is 2.15. The van der Waals surface area contributed by atoms with Gasteiger partial charge in [-0.2, -0.15) is 10.5 Å². The van der Waals surface area contributed by atoms with Crippen molar-refractivity contribution in [1.29, 1.82) is 5.26 Å². The molecular formula is C16H12N6. The van der Waals surface area contributed by atoms with Crippen molar-refractivity contribution < 1.29 is 0 Å². The largest absolute Gasteiger partial charge is 0.360 e. The third-order valence-corrected chi connectivity index (χ3v) is 3.96. The molecule has 1 aliphatic rings. The maximum Gasteiger partial charge on any atom is 0.216 e. The van der Waals surface area contributed by atoms with Crippen LogP contribution in [0, 0.1) is 11.3 Å². The summed E-state index contributed by atoms with van der Waals surface area (Å²) >= 11 is 0. The van der Waals surface area contributed by atoms with E-state index in [0.29, 0.717) is 5.57 Å². The van der Waals surface area contributed by atoms with E-state index in [9.17, 15) is 5.26 Å². The van der Waals surface area contributed by atoms with Gasteiger partial charge in [-0.3, -0.25) is 0 Å². The Kier molecular flexibility index (Phi) is 2.83. The second kappa shape index (κ2) is 4.97. The number of aromatic nitrogens is 4. The maximum atomic E-state index is 9.21. The molecule has 22 heavy (non-hydrogen) atoms. The van der Waals surface area contributed by atoms with Gasteiger partial charge in [-0.1, -0.05) is 24.3 Å². The van der Waals surface area contributed by atoms with Gasteiger partial charge in [0.25, 0.3) is 0 Å². The second-order valence-corrected chi connectivity index (χ2v) is 5.16. The van der Waals surface area contributed by atoms with E-state index in [0.717, 1.165) is 18.5 Å². The monoisotopic (exact) mass is 288 g/mol. The second-order valence-electron chi connectivity index (χ2n) is 5.16. The van der Waals surface area contributed by atoms with Crippen molar-refractivity contribution in [2.75, 3.05) is 5.32 Å². The van der Waals surface area contributed by atoms with Crippen LogP contribution in [0.15, 0.2) is 36.5 Å². The minimum Gasteiger partial charge on any atom is -0.360 e. The molecule has 6 heteroatoms. The van der Waals surface area contributed by atoms with E-state index in [1.807, 2.05) is 0 Å². The maximum absolute atomic E-state index is 9.21. The Morgan fingerprint density at radius 3 is 2.86 bits per heavy atom. The number of allylic oxidation sites excluding steroid dienone is 1. The quantitative estimate of drug-likeness (QED) is 0.722. The van der Waals surface area contributed by atoms with Crippen LogP contribution in [0.25, 0.3) is 16.3 Å². The first-order valence-corrected chi connectivity index (χ1v) is 7.01. The molecule has 1 aliphatic carbocycles. The van der Waals surface area contributed by atoms with E-state index in [-0.39, 0.29) is 5.82 Å². The molecule has 2 N–H and O–H groups in total. The summed E-state index contributed by atoms with van der Waals surface area (Å²) in [5.41, 5.74) is 4.08. The zero-order valence-electron chi connectivity index (χ0n) is 11.7. The third kappa shape index (κ3) is 1.91. The highest BCUT2D eigenvalue weighted by atomic mass is 15.5. The molecular weight excluding hydrogens is 276 g/mol. The Hall–Kier alpha value is -3.20. The third-order valence-electron chi connectivity index (χ3n) is 3.96. The van der Waals surface area contributed by atoms with E-state index in [1.165, 1.54) is 21.9 Å². The van der Waals surface area contributed by atoms with Gasteiger partial charge in [0.15, 0.2) is 0 Å². The number of H-pyrrole nitrogens is 1. The number of tetrazole rings is 1. The molecule has 0 saturated carbocycles. The standard InChI is InChI=1S/C16H12N6/c17-8-12(16-19-21-22-20-16)9-18-14-7-6-11-5-4-10-2-1-3-13(14)15(10)11/h1-3,6-7,9,18H,4-5H2,(H,19,20,21,22).